The van der Waals surface area contributed by atoms with Gasteiger partial charge in [0.15, 0.2) is 0 Å². The molecule has 0 atom stereocenters. The Morgan fingerprint density at radius 1 is 0.966 bits per heavy atom. The molecule has 0 spiro atoms. The summed E-state index contributed by atoms with van der Waals surface area (Å²) in [4.78, 5) is 29.2. The number of carbonyl (C=O) groups is 2. The summed E-state index contributed by atoms with van der Waals surface area (Å²) >= 11 is 0. The molecule has 1 N–H and O–H groups in total. The van der Waals surface area contributed by atoms with Crippen molar-refractivity contribution in [3.05, 3.63) is 66.0 Å². The summed E-state index contributed by atoms with van der Waals surface area (Å²) in [5, 5.41) is 2.79. The van der Waals surface area contributed by atoms with Crippen molar-refractivity contribution in [1.29, 1.82) is 0 Å². The highest BCUT2D eigenvalue weighted by molar-refractivity contribution is 5.87. The molecule has 154 valence electrons. The summed E-state index contributed by atoms with van der Waals surface area (Å²) in [5.41, 5.74) is 0.512. The zero-order valence-corrected chi connectivity index (χ0v) is 17.0. The van der Waals surface area contributed by atoms with E-state index in [1.54, 1.807) is 32.0 Å². The van der Waals surface area contributed by atoms with Crippen LogP contribution in [0.5, 0.6) is 0 Å². The van der Waals surface area contributed by atoms with Crippen molar-refractivity contribution in [2.24, 2.45) is 0 Å². The zero-order chi connectivity index (χ0) is 20.9. The number of piperazine rings is 1. The molecule has 1 fully saturated rings. The van der Waals surface area contributed by atoms with Crippen molar-refractivity contribution in [3.63, 3.8) is 0 Å². The van der Waals surface area contributed by atoms with E-state index < -0.39 is 11.2 Å². The van der Waals surface area contributed by atoms with Crippen LogP contribution in [-0.4, -0.2) is 49.4 Å². The van der Waals surface area contributed by atoms with Crippen molar-refractivity contribution in [2.75, 3.05) is 37.6 Å². The molecule has 0 bridgehead atoms. The van der Waals surface area contributed by atoms with Crippen LogP contribution in [0.4, 0.5) is 10.1 Å². The van der Waals surface area contributed by atoms with Gasteiger partial charge in [0.1, 0.15) is 5.82 Å². The third-order valence-electron chi connectivity index (χ3n) is 5.49. The third-order valence-corrected chi connectivity index (χ3v) is 5.49. The molecule has 0 unspecified atom stereocenters. The van der Waals surface area contributed by atoms with Crippen LogP contribution in [0.2, 0.25) is 0 Å². The van der Waals surface area contributed by atoms with Crippen LogP contribution in [0.1, 0.15) is 25.8 Å². The Kier molecular flexibility index (Phi) is 6.52. The predicted octanol–water partition coefficient (Wildman–Crippen LogP) is 2.96. The van der Waals surface area contributed by atoms with Gasteiger partial charge in [-0.15, -0.1) is 0 Å². The fourth-order valence-corrected chi connectivity index (χ4v) is 3.61. The van der Waals surface area contributed by atoms with Crippen molar-refractivity contribution in [3.8, 4) is 0 Å². The molecule has 0 radical (unpaired) electrons. The fraction of sp³-hybridized carbons (Fsp3) is 0.391. The van der Waals surface area contributed by atoms with Gasteiger partial charge < -0.3 is 15.1 Å². The van der Waals surface area contributed by atoms with Crippen LogP contribution in [0, 0.1) is 5.82 Å². The highest BCUT2D eigenvalue weighted by Crippen LogP contribution is 2.25. The summed E-state index contributed by atoms with van der Waals surface area (Å²) in [6.45, 7) is 6.54. The van der Waals surface area contributed by atoms with Crippen LogP contribution < -0.4 is 10.2 Å². The number of para-hydroxylation sites is 1. The molecule has 1 saturated heterocycles. The number of rotatable bonds is 6. The van der Waals surface area contributed by atoms with E-state index in [9.17, 15) is 14.0 Å². The van der Waals surface area contributed by atoms with E-state index in [4.69, 9.17) is 0 Å². The van der Waals surface area contributed by atoms with Crippen molar-refractivity contribution in [2.45, 2.75) is 25.7 Å². The van der Waals surface area contributed by atoms with Gasteiger partial charge >= 0.3 is 0 Å². The second kappa shape index (κ2) is 9.07. The SMILES string of the molecule is CC(C)(C(=O)NCCC(=O)N1CCN(c2ccccc2)CC1)c1ccccc1F. The highest BCUT2D eigenvalue weighted by atomic mass is 19.1. The first-order valence-electron chi connectivity index (χ1n) is 10.0. The molecular formula is C23H28FN3O2. The molecule has 29 heavy (non-hydrogen) atoms. The van der Waals surface area contributed by atoms with E-state index >= 15 is 0 Å². The van der Waals surface area contributed by atoms with Crippen LogP contribution in [0.25, 0.3) is 0 Å². The smallest absolute Gasteiger partial charge is 0.230 e. The van der Waals surface area contributed by atoms with E-state index in [1.165, 1.54) is 11.8 Å². The second-order valence-electron chi connectivity index (χ2n) is 7.81. The molecular weight excluding hydrogens is 369 g/mol. The molecule has 5 nitrogen and oxygen atoms in total. The lowest BCUT2D eigenvalue weighted by Gasteiger charge is -2.36. The maximum atomic E-state index is 14.0. The lowest BCUT2D eigenvalue weighted by atomic mass is 9.83. The number of anilines is 1. The molecule has 1 aliphatic heterocycles. The molecule has 3 rings (SSSR count). The van der Waals surface area contributed by atoms with Crippen molar-refractivity contribution < 1.29 is 14.0 Å². The first kappa shape index (κ1) is 20.8. The Labute approximate surface area is 171 Å². The number of carbonyl (C=O) groups excluding carboxylic acids is 2. The quantitative estimate of drug-likeness (QED) is 0.815. The second-order valence-corrected chi connectivity index (χ2v) is 7.81. The maximum Gasteiger partial charge on any atom is 0.230 e. The van der Waals surface area contributed by atoms with E-state index in [1.807, 2.05) is 23.1 Å². The van der Waals surface area contributed by atoms with Gasteiger partial charge in [-0.1, -0.05) is 36.4 Å². The molecule has 1 heterocycles. The monoisotopic (exact) mass is 397 g/mol. The van der Waals surface area contributed by atoms with E-state index in [0.29, 0.717) is 18.7 Å². The number of nitrogens with zero attached hydrogens (tertiary/aromatic N) is 2. The minimum Gasteiger partial charge on any atom is -0.368 e. The van der Waals surface area contributed by atoms with Gasteiger partial charge in [-0.2, -0.15) is 0 Å². The molecule has 2 amide bonds. The van der Waals surface area contributed by atoms with Crippen LogP contribution in [-0.2, 0) is 15.0 Å². The van der Waals surface area contributed by atoms with Gasteiger partial charge in [-0.3, -0.25) is 9.59 Å². The van der Waals surface area contributed by atoms with E-state index in [0.717, 1.165) is 13.1 Å². The molecule has 0 aromatic heterocycles. The highest BCUT2D eigenvalue weighted by Gasteiger charge is 2.32. The standard InChI is InChI=1S/C23H28FN3O2/c1-23(2,19-10-6-7-11-20(19)24)22(29)25-13-12-21(28)27-16-14-26(15-17-27)18-8-4-3-5-9-18/h3-11H,12-17H2,1-2H3,(H,25,29). The minimum atomic E-state index is -1.00. The van der Waals surface area contributed by atoms with Gasteiger partial charge in [0.25, 0.3) is 0 Å². The number of hydrogen-bond donors (Lipinski definition) is 1. The average molecular weight is 397 g/mol. The summed E-state index contributed by atoms with van der Waals surface area (Å²) < 4.78 is 14.0. The maximum absolute atomic E-state index is 14.0. The van der Waals surface area contributed by atoms with E-state index in [2.05, 4.69) is 22.3 Å². The summed E-state index contributed by atoms with van der Waals surface area (Å²) in [6, 6.07) is 16.4. The van der Waals surface area contributed by atoms with Crippen molar-refractivity contribution >= 4 is 17.5 Å². The predicted molar refractivity (Wildman–Crippen MR) is 112 cm³/mol. The van der Waals surface area contributed by atoms with Crippen LogP contribution in [0.15, 0.2) is 54.6 Å². The van der Waals surface area contributed by atoms with E-state index in [-0.39, 0.29) is 24.8 Å². The largest absolute Gasteiger partial charge is 0.368 e. The molecule has 6 heteroatoms. The Morgan fingerprint density at radius 3 is 2.24 bits per heavy atom. The topological polar surface area (TPSA) is 52.7 Å². The Balaban J connectivity index is 1.45. The minimum absolute atomic E-state index is 0.0294. The lowest BCUT2D eigenvalue weighted by Crippen LogP contribution is -2.49. The van der Waals surface area contributed by atoms with Gasteiger partial charge in [-0.25, -0.2) is 4.39 Å². The fourth-order valence-electron chi connectivity index (χ4n) is 3.61. The van der Waals surface area contributed by atoms with Crippen LogP contribution in [0.3, 0.4) is 0 Å². The third kappa shape index (κ3) is 4.94. The summed E-state index contributed by atoms with van der Waals surface area (Å²) in [5.74, 6) is -0.661. The average Bonchev–Trinajstić information content (AvgIpc) is 2.74. The lowest BCUT2D eigenvalue weighted by molar-refractivity contribution is -0.131. The zero-order valence-electron chi connectivity index (χ0n) is 17.0. The molecule has 2 aromatic carbocycles. The number of benzene rings is 2. The first-order valence-corrected chi connectivity index (χ1v) is 10.0. The first-order chi connectivity index (χ1) is 13.9. The van der Waals surface area contributed by atoms with Crippen molar-refractivity contribution in [1.82, 2.24) is 10.2 Å². The number of amides is 2. The summed E-state index contributed by atoms with van der Waals surface area (Å²) in [6.07, 6.45) is 0.241. The molecule has 0 aliphatic carbocycles. The van der Waals surface area contributed by atoms with Gasteiger partial charge in [0.05, 0.1) is 5.41 Å². The molecule has 0 saturated carbocycles. The Morgan fingerprint density at radius 2 is 1.59 bits per heavy atom. The summed E-state index contributed by atoms with van der Waals surface area (Å²) in [7, 11) is 0. The molecule has 1 aliphatic rings. The van der Waals surface area contributed by atoms with Gasteiger partial charge in [0, 0.05) is 50.4 Å². The number of hydrogen-bond acceptors (Lipinski definition) is 3. The van der Waals surface area contributed by atoms with Gasteiger partial charge in [-0.05, 0) is 32.0 Å². The normalized spacial score (nSPS) is 14.6. The number of nitrogens with one attached hydrogen (secondary N) is 1. The van der Waals surface area contributed by atoms with Crippen LogP contribution >= 0.6 is 0 Å². The number of halogens is 1. The Hall–Kier alpha value is -2.89. The Bertz CT molecular complexity index is 846. The molecule has 2 aromatic rings. The van der Waals surface area contributed by atoms with Gasteiger partial charge in [0.2, 0.25) is 11.8 Å².